The van der Waals surface area contributed by atoms with E-state index in [1.165, 1.54) is 23.5 Å². The van der Waals surface area contributed by atoms with Gasteiger partial charge in [-0.15, -0.1) is 46.7 Å². The van der Waals surface area contributed by atoms with Crippen LogP contribution >= 0.6 is 46.7 Å². The van der Waals surface area contributed by atoms with E-state index in [0.717, 1.165) is 77.5 Å². The molecule has 4 fully saturated rings. The number of aliphatic hydroxyl groups excluding tert-OH is 6. The smallest absolute Gasteiger partial charge is 0.224 e. The first-order chi connectivity index (χ1) is 27.5. The molecule has 4 aliphatic rings. The molecule has 18 heteroatoms. The topological polar surface area (TPSA) is 205 Å². The highest BCUT2D eigenvalue weighted by Crippen LogP contribution is 2.33. The summed E-state index contributed by atoms with van der Waals surface area (Å²) in [5.41, 5.74) is -1.52. The zero-order chi connectivity index (χ0) is 42.8. The van der Waals surface area contributed by atoms with Crippen LogP contribution in [0, 0.1) is 23.7 Å². The molecule has 338 valence electrons. The maximum atomic E-state index is 13.7. The van der Waals surface area contributed by atoms with Gasteiger partial charge in [-0.05, 0) is 77.0 Å². The van der Waals surface area contributed by atoms with E-state index in [1.807, 2.05) is 0 Å². The van der Waals surface area contributed by atoms with Crippen molar-refractivity contribution in [2.45, 2.75) is 162 Å². The van der Waals surface area contributed by atoms with Crippen LogP contribution in [-0.2, 0) is 19.1 Å². The summed E-state index contributed by atoms with van der Waals surface area (Å²) in [7, 11) is 0. The Balaban J connectivity index is 1.24. The first kappa shape index (κ1) is 50.5. The molecule has 4 saturated heterocycles. The summed E-state index contributed by atoms with van der Waals surface area (Å²) >= 11 is 15.5. The number of hydrogen-bond acceptors (Lipinski definition) is 14. The molecule has 0 bridgehead atoms. The van der Waals surface area contributed by atoms with E-state index in [0.29, 0.717) is 24.9 Å². The number of carbonyl (C=O) groups excluding carboxylic acids is 2. The lowest BCUT2D eigenvalue weighted by molar-refractivity contribution is -0.205. The SMILES string of the molecule is CCC1CC(C(=O)NC(C(C)Cl)C2O[C@H](SC)[C@@H](O)C(O)[C@H]2O)CN(CCCCCCN2CC(CC)CC(C(=O)NC(C(C)Cl)C3O[C@H](SC)C(O)[C@H](O)[C@H]3O)C2)C1. The number of amides is 2. The number of halogens is 2. The summed E-state index contributed by atoms with van der Waals surface area (Å²) in [4.78, 5) is 32.2. The van der Waals surface area contributed by atoms with Crippen molar-refractivity contribution in [3.05, 3.63) is 0 Å². The molecule has 2 amide bonds. The number of alkyl halides is 2. The molecule has 0 aromatic rings. The summed E-state index contributed by atoms with van der Waals surface area (Å²) in [6.45, 7) is 12.6. The van der Waals surface area contributed by atoms with Crippen molar-refractivity contribution in [1.29, 1.82) is 0 Å². The Morgan fingerprint density at radius 1 is 0.621 bits per heavy atom. The molecule has 4 heterocycles. The molecule has 0 aliphatic carbocycles. The second-order valence-corrected chi connectivity index (χ2v) is 20.4. The average molecular weight is 904 g/mol. The van der Waals surface area contributed by atoms with Crippen LogP contribution in [0.4, 0.5) is 0 Å². The number of likely N-dealkylation sites (tertiary alicyclic amines) is 2. The van der Waals surface area contributed by atoms with Crippen LogP contribution in [0.3, 0.4) is 0 Å². The number of carbonyl (C=O) groups is 2. The van der Waals surface area contributed by atoms with E-state index >= 15 is 0 Å². The number of aliphatic hydroxyl groups is 6. The van der Waals surface area contributed by atoms with Gasteiger partial charge in [-0.1, -0.05) is 39.5 Å². The Labute approximate surface area is 364 Å². The van der Waals surface area contributed by atoms with E-state index in [9.17, 15) is 40.2 Å². The Hall–Kier alpha value is -0.180. The van der Waals surface area contributed by atoms with Crippen LogP contribution in [0.15, 0.2) is 0 Å². The summed E-state index contributed by atoms with van der Waals surface area (Å²) < 4.78 is 11.9. The quantitative estimate of drug-likeness (QED) is 0.0689. The van der Waals surface area contributed by atoms with Gasteiger partial charge in [0, 0.05) is 26.2 Å². The summed E-state index contributed by atoms with van der Waals surface area (Å²) in [6.07, 6.45) is 0.904. The predicted octanol–water partition coefficient (Wildman–Crippen LogP) is 1.81. The number of nitrogens with one attached hydrogen (secondary N) is 2. The van der Waals surface area contributed by atoms with Gasteiger partial charge in [0.05, 0.1) is 34.7 Å². The van der Waals surface area contributed by atoms with Crippen molar-refractivity contribution >= 4 is 58.5 Å². The van der Waals surface area contributed by atoms with Crippen molar-refractivity contribution < 1.29 is 49.7 Å². The molecule has 0 aromatic heterocycles. The van der Waals surface area contributed by atoms with Crippen molar-refractivity contribution in [2.24, 2.45) is 23.7 Å². The predicted molar refractivity (Wildman–Crippen MR) is 230 cm³/mol. The minimum absolute atomic E-state index is 0.146. The zero-order valence-electron chi connectivity index (χ0n) is 35.1. The van der Waals surface area contributed by atoms with Crippen LogP contribution in [0.2, 0.25) is 0 Å². The Bertz CT molecular complexity index is 1170. The van der Waals surface area contributed by atoms with Gasteiger partial charge in [0.15, 0.2) is 0 Å². The molecule has 4 rings (SSSR count). The van der Waals surface area contributed by atoms with Crippen LogP contribution in [0.25, 0.3) is 0 Å². The first-order valence-corrected chi connectivity index (χ1v) is 24.8. The van der Waals surface area contributed by atoms with E-state index in [-0.39, 0.29) is 23.7 Å². The molecule has 0 radical (unpaired) electrons. The molecule has 8 N–H and O–H groups in total. The molecule has 0 saturated carbocycles. The average Bonchev–Trinajstić information content (AvgIpc) is 3.21. The zero-order valence-corrected chi connectivity index (χ0v) is 38.2. The summed E-state index contributed by atoms with van der Waals surface area (Å²) in [5, 5.41) is 68.1. The number of hydrogen-bond donors (Lipinski definition) is 8. The van der Waals surface area contributed by atoms with Crippen LogP contribution < -0.4 is 10.6 Å². The number of rotatable bonds is 19. The number of unbranched alkanes of at least 4 members (excludes halogenated alkanes) is 3. The van der Waals surface area contributed by atoms with Crippen molar-refractivity contribution in [1.82, 2.24) is 20.4 Å². The number of nitrogens with zero attached hydrogens (tertiary/aromatic N) is 2. The number of thioether (sulfide) groups is 2. The van der Waals surface area contributed by atoms with Crippen molar-refractivity contribution in [3.63, 3.8) is 0 Å². The lowest BCUT2D eigenvalue weighted by atomic mass is 9.86. The first-order valence-electron chi connectivity index (χ1n) is 21.3. The second kappa shape index (κ2) is 24.0. The normalized spacial score (nSPS) is 38.7. The minimum atomic E-state index is -1.42. The Morgan fingerprint density at radius 3 is 1.29 bits per heavy atom. The van der Waals surface area contributed by atoms with Gasteiger partial charge in [-0.3, -0.25) is 9.59 Å². The molecule has 58 heavy (non-hydrogen) atoms. The fourth-order valence-electron chi connectivity index (χ4n) is 9.18. The maximum Gasteiger partial charge on any atom is 0.224 e. The van der Waals surface area contributed by atoms with Gasteiger partial charge >= 0.3 is 0 Å². The standard InChI is InChI=1S/C40H72Cl2N4O10S2/c1-7-23-15-25(37(53)43-27(21(3)41)35-31(49)29(47)33(51)39(55-35)57-5)19-45(17-23)13-11-9-10-12-14-46-18-24(8-2)16-26(20-46)38(54)44-28(22(4)42)36-32(50)30(48)34(52)40(56-36)58-6/h21-36,39-40,47-52H,7-20H2,1-6H3,(H,43,53)(H,44,54)/t21?,22?,23?,24?,25?,26?,27?,28?,29-,30?,31-,32-,33?,34+,35?,36?,39-,40-/m1/s1. The van der Waals surface area contributed by atoms with Gasteiger partial charge in [-0.2, -0.15) is 0 Å². The molecular formula is C40H72Cl2N4O10S2. The van der Waals surface area contributed by atoms with Crippen LogP contribution in [0.1, 0.15) is 79.1 Å². The Morgan fingerprint density at radius 2 is 0.983 bits per heavy atom. The molecule has 0 spiro atoms. The molecular weight excluding hydrogens is 831 g/mol. The highest BCUT2D eigenvalue weighted by molar-refractivity contribution is 7.99. The monoisotopic (exact) mass is 902 g/mol. The fraction of sp³-hybridized carbons (Fsp3) is 0.950. The van der Waals surface area contributed by atoms with Crippen LogP contribution in [0.5, 0.6) is 0 Å². The Kier molecular flexibility index (Phi) is 20.9. The van der Waals surface area contributed by atoms with Gasteiger partial charge in [-0.25, -0.2) is 0 Å². The largest absolute Gasteiger partial charge is 0.388 e. The number of ether oxygens (including phenoxy) is 2. The van der Waals surface area contributed by atoms with E-state index < -0.39 is 82.5 Å². The van der Waals surface area contributed by atoms with Gasteiger partial charge in [0.1, 0.15) is 59.7 Å². The van der Waals surface area contributed by atoms with E-state index in [2.05, 4.69) is 34.3 Å². The van der Waals surface area contributed by atoms with Gasteiger partial charge in [0.2, 0.25) is 11.8 Å². The molecule has 14 nitrogen and oxygen atoms in total. The van der Waals surface area contributed by atoms with E-state index in [4.69, 9.17) is 32.7 Å². The fourth-order valence-corrected chi connectivity index (χ4v) is 10.9. The third-order valence-electron chi connectivity index (χ3n) is 12.8. The van der Waals surface area contributed by atoms with Crippen molar-refractivity contribution in [3.8, 4) is 0 Å². The molecule has 4 aliphatic heterocycles. The molecule has 0 aromatic carbocycles. The second-order valence-electron chi connectivity index (χ2n) is 17.1. The highest BCUT2D eigenvalue weighted by atomic mass is 35.5. The third kappa shape index (κ3) is 13.2. The van der Waals surface area contributed by atoms with Crippen molar-refractivity contribution in [2.75, 3.05) is 51.8 Å². The molecule has 12 unspecified atom stereocenters. The third-order valence-corrected chi connectivity index (χ3v) is 15.1. The van der Waals surface area contributed by atoms with Crippen LogP contribution in [-0.4, -0.2) is 187 Å². The van der Waals surface area contributed by atoms with Gasteiger partial charge in [0.25, 0.3) is 0 Å². The maximum absolute atomic E-state index is 13.7. The molecule has 18 atom stereocenters. The number of piperidine rings is 2. The summed E-state index contributed by atoms with van der Waals surface area (Å²) in [5.74, 6) is -0.0584. The van der Waals surface area contributed by atoms with E-state index in [1.54, 1.807) is 26.4 Å². The summed E-state index contributed by atoms with van der Waals surface area (Å²) in [6, 6.07) is -1.52. The lowest BCUT2D eigenvalue weighted by Gasteiger charge is -2.44. The highest BCUT2D eigenvalue weighted by Gasteiger charge is 2.50. The van der Waals surface area contributed by atoms with Gasteiger partial charge < -0.3 is 60.5 Å². The lowest BCUT2D eigenvalue weighted by Crippen LogP contribution is -2.65. The minimum Gasteiger partial charge on any atom is -0.388 e.